The number of nitrogens with zero attached hydrogens (tertiary/aromatic N) is 2. The molecule has 1 aliphatic heterocycles. The van der Waals surface area contributed by atoms with Crippen molar-refractivity contribution in [3.63, 3.8) is 0 Å². The Morgan fingerprint density at radius 3 is 3.06 bits per heavy atom. The predicted molar refractivity (Wildman–Crippen MR) is 66.4 cm³/mol. The Bertz CT molecular complexity index is 386. The van der Waals surface area contributed by atoms with Crippen LogP contribution in [0.2, 0.25) is 0 Å². The van der Waals surface area contributed by atoms with Crippen molar-refractivity contribution >= 4 is 17.8 Å². The molecule has 1 aliphatic carbocycles. The average molecular weight is 239 g/mol. The number of rotatable bonds is 2. The minimum absolute atomic E-state index is 0.401. The molecule has 4 heteroatoms. The molecule has 0 radical (unpaired) electrons. The van der Waals surface area contributed by atoms with Crippen LogP contribution in [0.4, 0.5) is 0 Å². The first-order valence-corrected chi connectivity index (χ1v) is 5.77. The molecule has 1 N–H and O–H groups in total. The molecule has 16 heavy (non-hydrogen) atoms. The smallest absolute Gasteiger partial charge is 0.144 e. The molecule has 3 nitrogen and oxygen atoms in total. The molecule has 0 bridgehead atoms. The van der Waals surface area contributed by atoms with E-state index in [1.165, 1.54) is 0 Å². The normalized spacial score (nSPS) is 33.1. The molecular weight excluding hydrogens is 224 g/mol. The molecule has 1 heterocycles. The number of hydrogen-bond donors (Lipinski definition) is 1. The van der Waals surface area contributed by atoms with Gasteiger partial charge in [-0.1, -0.05) is 42.8 Å². The fourth-order valence-electron chi connectivity index (χ4n) is 2.17. The summed E-state index contributed by atoms with van der Waals surface area (Å²) in [6.07, 6.45) is 11.5. The number of halogens is 1. The average Bonchev–Trinajstić information content (AvgIpc) is 2.30. The second-order valence-corrected chi connectivity index (χ2v) is 4.34. The largest absolute Gasteiger partial charge is 0.386 e. The zero-order valence-electron chi connectivity index (χ0n) is 9.18. The molecule has 0 saturated heterocycles. The van der Waals surface area contributed by atoms with E-state index in [-0.39, 0.29) is 0 Å². The van der Waals surface area contributed by atoms with Crippen LogP contribution in [0.1, 0.15) is 13.3 Å². The maximum atomic E-state index is 10.2. The van der Waals surface area contributed by atoms with E-state index in [2.05, 4.69) is 11.9 Å². The van der Waals surface area contributed by atoms with Gasteiger partial charge in [0.05, 0.1) is 18.2 Å². The lowest BCUT2D eigenvalue weighted by Crippen LogP contribution is -2.54. The van der Waals surface area contributed by atoms with Crippen molar-refractivity contribution in [2.24, 2.45) is 4.99 Å². The van der Waals surface area contributed by atoms with Crippen LogP contribution >= 0.6 is 11.6 Å². The van der Waals surface area contributed by atoms with Crippen molar-refractivity contribution in [3.8, 4) is 0 Å². The first kappa shape index (κ1) is 11.4. The second kappa shape index (κ2) is 4.44. The molecule has 2 aliphatic rings. The maximum absolute atomic E-state index is 10.2. The van der Waals surface area contributed by atoms with Crippen LogP contribution in [0.5, 0.6) is 0 Å². The van der Waals surface area contributed by atoms with Crippen LogP contribution in [0.25, 0.3) is 0 Å². The molecule has 0 spiro atoms. The summed E-state index contributed by atoms with van der Waals surface area (Å²) in [4.78, 5) is 6.04. The van der Waals surface area contributed by atoms with Crippen LogP contribution < -0.4 is 0 Å². The second-order valence-electron chi connectivity index (χ2n) is 3.95. The van der Waals surface area contributed by atoms with Crippen LogP contribution in [0.15, 0.2) is 40.7 Å². The summed E-state index contributed by atoms with van der Waals surface area (Å²) in [6, 6.07) is 0. The summed E-state index contributed by atoms with van der Waals surface area (Å²) in [5, 5.41) is 10.6. The molecule has 0 aromatic carbocycles. The monoisotopic (exact) mass is 238 g/mol. The lowest BCUT2D eigenvalue weighted by atomic mass is 9.84. The van der Waals surface area contributed by atoms with Crippen molar-refractivity contribution in [3.05, 3.63) is 35.7 Å². The van der Waals surface area contributed by atoms with Gasteiger partial charge in [-0.3, -0.25) is 0 Å². The lowest BCUT2D eigenvalue weighted by molar-refractivity contribution is 0.0581. The number of allylic oxidation sites excluding steroid dienone is 2. The van der Waals surface area contributed by atoms with Crippen molar-refractivity contribution in [2.45, 2.75) is 25.0 Å². The molecule has 2 rings (SSSR count). The first-order chi connectivity index (χ1) is 7.69. The third-order valence-electron chi connectivity index (χ3n) is 3.16. The zero-order chi connectivity index (χ0) is 11.6. The molecule has 0 aromatic rings. The van der Waals surface area contributed by atoms with E-state index in [0.29, 0.717) is 11.7 Å². The Labute approximate surface area is 100 Å². The molecule has 0 amide bonds. The molecule has 0 fully saturated rings. The molecule has 0 aromatic heterocycles. The fraction of sp³-hybridized carbons (Fsp3) is 0.417. The van der Waals surface area contributed by atoms with Crippen LogP contribution in [0, 0.1) is 0 Å². The highest BCUT2D eigenvalue weighted by molar-refractivity contribution is 6.29. The molecule has 2 unspecified atom stereocenters. The van der Waals surface area contributed by atoms with Crippen molar-refractivity contribution in [2.75, 3.05) is 6.54 Å². The van der Waals surface area contributed by atoms with Gasteiger partial charge < -0.3 is 10.0 Å². The third kappa shape index (κ3) is 1.81. The SMILES string of the molecule is CCC1(N2C=C(Cl)N=CC2)C=CC=CC1O. The minimum Gasteiger partial charge on any atom is -0.386 e. The Morgan fingerprint density at radius 2 is 2.44 bits per heavy atom. The van der Waals surface area contributed by atoms with Gasteiger partial charge in [0, 0.05) is 12.4 Å². The zero-order valence-corrected chi connectivity index (χ0v) is 9.93. The van der Waals surface area contributed by atoms with Gasteiger partial charge >= 0.3 is 0 Å². The van der Waals surface area contributed by atoms with Gasteiger partial charge in [-0.05, 0) is 6.42 Å². The van der Waals surface area contributed by atoms with E-state index < -0.39 is 11.6 Å². The number of aliphatic hydroxyl groups excluding tert-OH is 1. The quantitative estimate of drug-likeness (QED) is 0.748. The highest BCUT2D eigenvalue weighted by Gasteiger charge is 2.38. The van der Waals surface area contributed by atoms with E-state index in [1.54, 1.807) is 18.5 Å². The van der Waals surface area contributed by atoms with Gasteiger partial charge in [0.2, 0.25) is 0 Å². The van der Waals surface area contributed by atoms with E-state index in [4.69, 9.17) is 11.6 Å². The van der Waals surface area contributed by atoms with Crippen LogP contribution in [0.3, 0.4) is 0 Å². The molecule has 86 valence electrons. The number of hydrogen-bond acceptors (Lipinski definition) is 3. The Hall–Kier alpha value is -1.06. The molecule has 0 saturated carbocycles. The Balaban J connectivity index is 2.32. The summed E-state index contributed by atoms with van der Waals surface area (Å²) in [6.45, 7) is 2.72. The first-order valence-electron chi connectivity index (χ1n) is 5.40. The van der Waals surface area contributed by atoms with E-state index in [1.807, 2.05) is 23.1 Å². The van der Waals surface area contributed by atoms with Gasteiger partial charge in [0.25, 0.3) is 0 Å². The lowest BCUT2D eigenvalue weighted by Gasteiger charge is -2.44. The third-order valence-corrected chi connectivity index (χ3v) is 3.35. The molecular formula is C12H15ClN2O. The number of aliphatic imine (C=N–C) groups is 1. The van der Waals surface area contributed by atoms with E-state index in [9.17, 15) is 5.11 Å². The maximum Gasteiger partial charge on any atom is 0.144 e. The molecule has 2 atom stereocenters. The van der Waals surface area contributed by atoms with Crippen LogP contribution in [-0.4, -0.2) is 34.4 Å². The van der Waals surface area contributed by atoms with Gasteiger partial charge in [-0.15, -0.1) is 0 Å². The van der Waals surface area contributed by atoms with Gasteiger partial charge in [-0.25, -0.2) is 4.99 Å². The van der Waals surface area contributed by atoms with Crippen molar-refractivity contribution in [1.29, 1.82) is 0 Å². The van der Waals surface area contributed by atoms with Gasteiger partial charge in [-0.2, -0.15) is 0 Å². The van der Waals surface area contributed by atoms with Gasteiger partial charge in [0.15, 0.2) is 0 Å². The fourth-order valence-corrected chi connectivity index (χ4v) is 2.36. The van der Waals surface area contributed by atoms with Gasteiger partial charge in [0.1, 0.15) is 5.16 Å². The van der Waals surface area contributed by atoms with Crippen molar-refractivity contribution < 1.29 is 5.11 Å². The van der Waals surface area contributed by atoms with Crippen LogP contribution in [-0.2, 0) is 0 Å². The summed E-state index contributed by atoms with van der Waals surface area (Å²) >= 11 is 5.90. The predicted octanol–water partition coefficient (Wildman–Crippen LogP) is 2.05. The van der Waals surface area contributed by atoms with Crippen molar-refractivity contribution in [1.82, 2.24) is 4.90 Å². The summed E-state index contributed by atoms with van der Waals surface area (Å²) in [5.41, 5.74) is -0.401. The summed E-state index contributed by atoms with van der Waals surface area (Å²) < 4.78 is 0. The minimum atomic E-state index is -0.519. The Kier molecular flexibility index (Phi) is 3.17. The standard InChI is InChI=1S/C12H15ClN2O/c1-2-12(6-4-3-5-10(12)16)15-8-7-14-11(13)9-15/h3-7,9-10,16H,2,8H2,1H3. The number of aliphatic hydroxyl groups is 1. The van der Waals surface area contributed by atoms with E-state index >= 15 is 0 Å². The highest BCUT2D eigenvalue weighted by atomic mass is 35.5. The summed E-state index contributed by atoms with van der Waals surface area (Å²) in [7, 11) is 0. The highest BCUT2D eigenvalue weighted by Crippen LogP contribution is 2.31. The summed E-state index contributed by atoms with van der Waals surface area (Å²) in [5.74, 6) is 0. The Morgan fingerprint density at radius 1 is 1.62 bits per heavy atom. The topological polar surface area (TPSA) is 35.8 Å². The van der Waals surface area contributed by atoms with E-state index in [0.717, 1.165) is 6.42 Å².